The van der Waals surface area contributed by atoms with Gasteiger partial charge in [-0.25, -0.2) is 4.98 Å². The van der Waals surface area contributed by atoms with E-state index in [1.165, 1.54) is 16.5 Å². The molecule has 0 amide bonds. The molecule has 1 fully saturated rings. The van der Waals surface area contributed by atoms with Gasteiger partial charge in [0.25, 0.3) is 0 Å². The minimum atomic E-state index is 0. The van der Waals surface area contributed by atoms with E-state index in [0.29, 0.717) is 18.6 Å². The number of hydrogen-bond acceptors (Lipinski definition) is 4. The molecule has 2 aromatic carbocycles. The average Bonchev–Trinajstić information content (AvgIpc) is 2.86. The van der Waals surface area contributed by atoms with Gasteiger partial charge >= 0.3 is 0 Å². The highest BCUT2D eigenvalue weighted by Gasteiger charge is 2.24. The molecule has 34 heavy (non-hydrogen) atoms. The SMILES string of the molecule is CN=C(NCc1cc(N(C)C)nc2ccccc12)NC1CCN(C(C)c2ccccc2)CC1.I. The highest BCUT2D eigenvalue weighted by Crippen LogP contribution is 2.24. The minimum absolute atomic E-state index is 0. The molecule has 2 N–H and O–H groups in total. The Morgan fingerprint density at radius 2 is 1.76 bits per heavy atom. The fourth-order valence-corrected chi connectivity index (χ4v) is 4.55. The number of benzene rings is 2. The van der Waals surface area contributed by atoms with E-state index in [4.69, 9.17) is 4.98 Å². The first-order valence-electron chi connectivity index (χ1n) is 11.9. The minimum Gasteiger partial charge on any atom is -0.363 e. The van der Waals surface area contributed by atoms with Gasteiger partial charge in [-0.3, -0.25) is 9.89 Å². The van der Waals surface area contributed by atoms with Gasteiger partial charge in [-0.15, -0.1) is 24.0 Å². The van der Waals surface area contributed by atoms with Crippen LogP contribution in [0.15, 0.2) is 65.7 Å². The number of likely N-dealkylation sites (tertiary alicyclic amines) is 1. The maximum Gasteiger partial charge on any atom is 0.191 e. The zero-order chi connectivity index (χ0) is 23.2. The molecule has 2 heterocycles. The average molecular weight is 573 g/mol. The van der Waals surface area contributed by atoms with E-state index in [0.717, 1.165) is 43.2 Å². The molecule has 6 nitrogen and oxygen atoms in total. The van der Waals surface area contributed by atoms with Crippen molar-refractivity contribution < 1.29 is 0 Å². The van der Waals surface area contributed by atoms with Crippen LogP contribution < -0.4 is 15.5 Å². The predicted molar refractivity (Wildman–Crippen MR) is 154 cm³/mol. The molecule has 1 saturated heterocycles. The van der Waals surface area contributed by atoms with Crippen molar-refractivity contribution in [2.45, 2.75) is 38.4 Å². The van der Waals surface area contributed by atoms with Gasteiger partial charge in [0.15, 0.2) is 5.96 Å². The number of piperidine rings is 1. The van der Waals surface area contributed by atoms with Crippen molar-refractivity contribution in [1.29, 1.82) is 0 Å². The lowest BCUT2D eigenvalue weighted by molar-refractivity contribution is 0.158. The summed E-state index contributed by atoms with van der Waals surface area (Å²) < 4.78 is 0. The summed E-state index contributed by atoms with van der Waals surface area (Å²) in [6.45, 7) is 5.19. The summed E-state index contributed by atoms with van der Waals surface area (Å²) in [5.41, 5.74) is 3.63. The summed E-state index contributed by atoms with van der Waals surface area (Å²) in [7, 11) is 5.90. The van der Waals surface area contributed by atoms with Crippen molar-refractivity contribution in [3.63, 3.8) is 0 Å². The number of nitrogens with zero attached hydrogens (tertiary/aromatic N) is 4. The molecule has 1 atom stereocenters. The zero-order valence-electron chi connectivity index (χ0n) is 20.7. The number of anilines is 1. The topological polar surface area (TPSA) is 55.8 Å². The first-order chi connectivity index (χ1) is 16.0. The second-order valence-corrected chi connectivity index (χ2v) is 9.02. The Kier molecular flexibility index (Phi) is 9.53. The lowest BCUT2D eigenvalue weighted by Gasteiger charge is -2.37. The van der Waals surface area contributed by atoms with Gasteiger partial charge < -0.3 is 15.5 Å². The molecule has 1 unspecified atom stereocenters. The lowest BCUT2D eigenvalue weighted by Crippen LogP contribution is -2.48. The number of hydrogen-bond donors (Lipinski definition) is 2. The van der Waals surface area contributed by atoms with Crippen molar-refractivity contribution in [2.75, 3.05) is 39.1 Å². The molecule has 0 bridgehead atoms. The van der Waals surface area contributed by atoms with E-state index in [2.05, 4.69) is 82.0 Å². The van der Waals surface area contributed by atoms with E-state index >= 15 is 0 Å². The summed E-state index contributed by atoms with van der Waals surface area (Å²) in [4.78, 5) is 13.9. The summed E-state index contributed by atoms with van der Waals surface area (Å²) >= 11 is 0. The third-order valence-electron chi connectivity index (χ3n) is 6.62. The Morgan fingerprint density at radius 1 is 1.09 bits per heavy atom. The normalized spacial score (nSPS) is 16.1. The Balaban J connectivity index is 0.00000324. The third-order valence-corrected chi connectivity index (χ3v) is 6.62. The number of rotatable bonds is 6. The molecule has 4 rings (SSSR count). The quantitative estimate of drug-likeness (QED) is 0.252. The lowest BCUT2D eigenvalue weighted by atomic mass is 10.0. The molecule has 7 heteroatoms. The van der Waals surface area contributed by atoms with Gasteiger partial charge in [0.1, 0.15) is 5.82 Å². The van der Waals surface area contributed by atoms with Crippen molar-refractivity contribution in [3.05, 3.63) is 71.8 Å². The molecule has 1 aliphatic rings. The summed E-state index contributed by atoms with van der Waals surface area (Å²) in [5, 5.41) is 8.35. The van der Waals surface area contributed by atoms with Crippen LogP contribution in [0.3, 0.4) is 0 Å². The van der Waals surface area contributed by atoms with Gasteiger partial charge in [0.05, 0.1) is 5.52 Å². The first kappa shape index (κ1) is 26.2. The van der Waals surface area contributed by atoms with Crippen LogP contribution in [0.5, 0.6) is 0 Å². The maximum atomic E-state index is 4.77. The molecule has 3 aromatic rings. The van der Waals surface area contributed by atoms with Crippen LogP contribution in [0.25, 0.3) is 10.9 Å². The molecular formula is C27H37IN6. The molecule has 182 valence electrons. The van der Waals surface area contributed by atoms with Crippen molar-refractivity contribution in [1.82, 2.24) is 20.5 Å². The second-order valence-electron chi connectivity index (χ2n) is 9.02. The Morgan fingerprint density at radius 3 is 2.44 bits per heavy atom. The summed E-state index contributed by atoms with van der Waals surface area (Å²) in [6.07, 6.45) is 2.22. The number of pyridine rings is 1. The number of halogens is 1. The van der Waals surface area contributed by atoms with E-state index in [1.807, 2.05) is 32.1 Å². The predicted octanol–water partition coefficient (Wildman–Crippen LogP) is 4.81. The molecule has 1 aromatic heterocycles. The number of aliphatic imine (C=N–C) groups is 1. The Hall–Kier alpha value is -2.39. The second kappa shape index (κ2) is 12.4. The number of nitrogens with one attached hydrogen (secondary N) is 2. The maximum absolute atomic E-state index is 4.77. The molecule has 1 aliphatic heterocycles. The fraction of sp³-hybridized carbons (Fsp3) is 0.407. The van der Waals surface area contributed by atoms with Gasteiger partial charge in [-0.2, -0.15) is 0 Å². The van der Waals surface area contributed by atoms with Gasteiger partial charge in [0.2, 0.25) is 0 Å². The van der Waals surface area contributed by atoms with Crippen LogP contribution >= 0.6 is 24.0 Å². The number of aromatic nitrogens is 1. The van der Waals surface area contributed by atoms with Crippen molar-refractivity contribution in [2.24, 2.45) is 4.99 Å². The summed E-state index contributed by atoms with van der Waals surface area (Å²) in [5.74, 6) is 1.82. The number of guanidine groups is 1. The van der Waals surface area contributed by atoms with E-state index in [1.54, 1.807) is 0 Å². The number of fused-ring (bicyclic) bond motifs is 1. The number of para-hydroxylation sites is 1. The molecule has 0 spiro atoms. The smallest absolute Gasteiger partial charge is 0.191 e. The van der Waals surface area contributed by atoms with Crippen LogP contribution in [-0.4, -0.2) is 56.1 Å². The van der Waals surface area contributed by atoms with Gasteiger partial charge in [-0.05, 0) is 43.0 Å². The van der Waals surface area contributed by atoms with Crippen molar-refractivity contribution >= 4 is 46.7 Å². The van der Waals surface area contributed by atoms with Gasteiger partial charge in [0, 0.05) is 58.2 Å². The summed E-state index contributed by atoms with van der Waals surface area (Å²) in [6, 6.07) is 22.2. The standard InChI is InChI=1S/C27H36N6.HI/c1-20(21-10-6-5-7-11-21)33-16-14-23(15-17-33)30-27(28-2)29-19-22-18-26(32(3)4)31-25-13-9-8-12-24(22)25;/h5-13,18,20,23H,14-17,19H2,1-4H3,(H2,28,29,30);1H. The molecular weight excluding hydrogens is 535 g/mol. The van der Waals surface area contributed by atoms with Crippen LogP contribution in [-0.2, 0) is 6.54 Å². The van der Waals surface area contributed by atoms with E-state index in [9.17, 15) is 0 Å². The van der Waals surface area contributed by atoms with Crippen LogP contribution in [0.1, 0.15) is 36.9 Å². The molecule has 0 radical (unpaired) electrons. The Bertz CT molecular complexity index is 1080. The van der Waals surface area contributed by atoms with Gasteiger partial charge in [-0.1, -0.05) is 48.5 Å². The third kappa shape index (κ3) is 6.39. The van der Waals surface area contributed by atoms with Crippen LogP contribution in [0, 0.1) is 0 Å². The van der Waals surface area contributed by atoms with Crippen LogP contribution in [0.4, 0.5) is 5.82 Å². The van der Waals surface area contributed by atoms with E-state index in [-0.39, 0.29) is 24.0 Å². The highest BCUT2D eigenvalue weighted by atomic mass is 127. The molecule has 0 aliphatic carbocycles. The monoisotopic (exact) mass is 572 g/mol. The fourth-order valence-electron chi connectivity index (χ4n) is 4.55. The Labute approximate surface area is 220 Å². The zero-order valence-corrected chi connectivity index (χ0v) is 23.0. The highest BCUT2D eigenvalue weighted by molar-refractivity contribution is 14.0. The van der Waals surface area contributed by atoms with Crippen LogP contribution in [0.2, 0.25) is 0 Å². The largest absolute Gasteiger partial charge is 0.363 e. The van der Waals surface area contributed by atoms with E-state index < -0.39 is 0 Å². The first-order valence-corrected chi connectivity index (χ1v) is 11.9. The van der Waals surface area contributed by atoms with Crippen molar-refractivity contribution in [3.8, 4) is 0 Å². The molecule has 0 saturated carbocycles.